The van der Waals surface area contributed by atoms with Crippen LogP contribution in [0.4, 0.5) is 0 Å². The Kier molecular flexibility index (Phi) is 5.10. The van der Waals surface area contributed by atoms with Crippen molar-refractivity contribution < 1.29 is 4.79 Å². The molecule has 0 spiro atoms. The van der Waals surface area contributed by atoms with Crippen LogP contribution in [0.5, 0.6) is 0 Å². The zero-order valence-electron chi connectivity index (χ0n) is 11.5. The number of carbonyl (C=O) groups is 1. The highest BCUT2D eigenvalue weighted by atomic mass is 16.2. The van der Waals surface area contributed by atoms with E-state index in [4.69, 9.17) is 12.2 Å². The molecular formula is C15H20N4O. The number of carbonyl (C=O) groups excluding carboxylic acids is 1. The second-order valence-corrected chi connectivity index (χ2v) is 4.94. The number of nitrogens with zero attached hydrogens (tertiary/aromatic N) is 3. The molecule has 1 saturated heterocycles. The Morgan fingerprint density at radius 3 is 2.75 bits per heavy atom. The maximum atomic E-state index is 12.0. The van der Waals surface area contributed by atoms with Crippen molar-refractivity contribution in [1.82, 2.24) is 14.8 Å². The van der Waals surface area contributed by atoms with E-state index in [-0.39, 0.29) is 5.91 Å². The lowest BCUT2D eigenvalue weighted by molar-refractivity contribution is -0.134. The fourth-order valence-corrected chi connectivity index (χ4v) is 2.30. The molecule has 5 nitrogen and oxygen atoms in total. The smallest absolute Gasteiger partial charge is 0.240 e. The van der Waals surface area contributed by atoms with Crippen LogP contribution >= 0.6 is 0 Å². The van der Waals surface area contributed by atoms with E-state index in [1.807, 2.05) is 18.2 Å². The van der Waals surface area contributed by atoms with Crippen LogP contribution in [0, 0.1) is 12.3 Å². The molecule has 1 atom stereocenters. The minimum atomic E-state index is -0.567. The summed E-state index contributed by atoms with van der Waals surface area (Å²) in [5.74, 6) is 2.40. The van der Waals surface area contributed by atoms with Gasteiger partial charge < -0.3 is 10.6 Å². The summed E-state index contributed by atoms with van der Waals surface area (Å²) < 4.78 is 0. The van der Waals surface area contributed by atoms with Gasteiger partial charge in [0.2, 0.25) is 5.91 Å². The summed E-state index contributed by atoms with van der Waals surface area (Å²) in [5.41, 5.74) is 6.81. The molecule has 0 aromatic carbocycles. The first kappa shape index (κ1) is 14.5. The van der Waals surface area contributed by atoms with Crippen molar-refractivity contribution >= 4 is 5.91 Å². The number of piperazine rings is 1. The Morgan fingerprint density at radius 1 is 1.40 bits per heavy atom. The fraction of sp³-hybridized carbons (Fsp3) is 0.467. The monoisotopic (exact) mass is 272 g/mol. The molecule has 1 aliphatic heterocycles. The molecule has 106 valence electrons. The summed E-state index contributed by atoms with van der Waals surface area (Å²) in [5, 5.41) is 0. The van der Waals surface area contributed by atoms with Gasteiger partial charge in [0.05, 0.1) is 11.7 Å². The first-order valence-corrected chi connectivity index (χ1v) is 6.81. The Hall–Kier alpha value is -1.90. The SMILES string of the molecule is C#CCC(N)C(=O)N1CCN(Cc2ccccn2)CC1. The van der Waals surface area contributed by atoms with Crippen LogP contribution in [0.3, 0.4) is 0 Å². The highest BCUT2D eigenvalue weighted by molar-refractivity contribution is 5.82. The van der Waals surface area contributed by atoms with Crippen LogP contribution in [0.2, 0.25) is 0 Å². The average Bonchev–Trinajstić information content (AvgIpc) is 2.48. The molecule has 1 aliphatic rings. The van der Waals surface area contributed by atoms with Gasteiger partial charge >= 0.3 is 0 Å². The lowest BCUT2D eigenvalue weighted by Crippen LogP contribution is -2.52. The third-order valence-corrected chi connectivity index (χ3v) is 3.45. The van der Waals surface area contributed by atoms with Gasteiger partial charge in [-0.1, -0.05) is 6.07 Å². The van der Waals surface area contributed by atoms with Gasteiger partial charge in [0, 0.05) is 45.3 Å². The van der Waals surface area contributed by atoms with E-state index in [2.05, 4.69) is 15.8 Å². The summed E-state index contributed by atoms with van der Waals surface area (Å²) in [7, 11) is 0. The quantitative estimate of drug-likeness (QED) is 0.788. The van der Waals surface area contributed by atoms with Gasteiger partial charge in [0.1, 0.15) is 0 Å². The van der Waals surface area contributed by atoms with Crippen LogP contribution in [0.15, 0.2) is 24.4 Å². The molecular weight excluding hydrogens is 252 g/mol. The number of rotatable bonds is 4. The predicted octanol–water partition coefficient (Wildman–Crippen LogP) is 0.0764. The number of hydrogen-bond donors (Lipinski definition) is 1. The van der Waals surface area contributed by atoms with Gasteiger partial charge in [-0.3, -0.25) is 14.7 Å². The number of hydrogen-bond acceptors (Lipinski definition) is 4. The summed E-state index contributed by atoms with van der Waals surface area (Å²) in [6, 6.07) is 5.34. The van der Waals surface area contributed by atoms with Crippen LogP contribution in [-0.4, -0.2) is 52.9 Å². The third-order valence-electron chi connectivity index (χ3n) is 3.45. The number of pyridine rings is 1. The van der Waals surface area contributed by atoms with Crippen LogP contribution in [0.25, 0.3) is 0 Å². The molecule has 2 N–H and O–H groups in total. The lowest BCUT2D eigenvalue weighted by atomic mass is 10.2. The number of terminal acetylenes is 1. The van der Waals surface area contributed by atoms with Crippen molar-refractivity contribution in [2.75, 3.05) is 26.2 Å². The maximum Gasteiger partial charge on any atom is 0.240 e. The molecule has 1 amide bonds. The summed E-state index contributed by atoms with van der Waals surface area (Å²) in [6.45, 7) is 3.89. The Balaban J connectivity index is 1.81. The number of nitrogens with two attached hydrogens (primary N) is 1. The molecule has 0 saturated carbocycles. The second kappa shape index (κ2) is 7.04. The maximum absolute atomic E-state index is 12.0. The topological polar surface area (TPSA) is 62.5 Å². The zero-order valence-corrected chi connectivity index (χ0v) is 11.5. The summed E-state index contributed by atoms with van der Waals surface area (Å²) >= 11 is 0. The van der Waals surface area contributed by atoms with Crippen molar-refractivity contribution in [2.24, 2.45) is 5.73 Å². The van der Waals surface area contributed by atoms with Gasteiger partial charge in [0.15, 0.2) is 0 Å². The highest BCUT2D eigenvalue weighted by Gasteiger charge is 2.24. The molecule has 2 rings (SSSR count). The molecule has 0 bridgehead atoms. The minimum absolute atomic E-state index is 0.0413. The standard InChI is InChI=1S/C15H20N4O/c1-2-5-14(16)15(20)19-10-8-18(9-11-19)12-13-6-3-4-7-17-13/h1,3-4,6-7,14H,5,8-12,16H2. The number of aromatic nitrogens is 1. The Morgan fingerprint density at radius 2 is 2.15 bits per heavy atom. The molecule has 0 aliphatic carbocycles. The molecule has 1 aromatic rings. The average molecular weight is 272 g/mol. The van der Waals surface area contributed by atoms with Crippen molar-refractivity contribution in [1.29, 1.82) is 0 Å². The van der Waals surface area contributed by atoms with Crippen LogP contribution < -0.4 is 5.73 Å². The second-order valence-electron chi connectivity index (χ2n) is 4.94. The summed E-state index contributed by atoms with van der Waals surface area (Å²) in [4.78, 5) is 20.4. The fourth-order valence-electron chi connectivity index (χ4n) is 2.30. The largest absolute Gasteiger partial charge is 0.339 e. The summed E-state index contributed by atoms with van der Waals surface area (Å²) in [6.07, 6.45) is 7.29. The normalized spacial score (nSPS) is 17.5. The molecule has 20 heavy (non-hydrogen) atoms. The van der Waals surface area contributed by atoms with Crippen molar-refractivity contribution in [3.8, 4) is 12.3 Å². The molecule has 1 unspecified atom stereocenters. The highest BCUT2D eigenvalue weighted by Crippen LogP contribution is 2.08. The van der Waals surface area contributed by atoms with Gasteiger partial charge in [-0.15, -0.1) is 12.3 Å². The van der Waals surface area contributed by atoms with Crippen molar-refractivity contribution in [3.05, 3.63) is 30.1 Å². The lowest BCUT2D eigenvalue weighted by Gasteiger charge is -2.35. The Labute approximate surface area is 119 Å². The number of amides is 1. The van der Waals surface area contributed by atoms with Gasteiger partial charge in [-0.25, -0.2) is 0 Å². The van der Waals surface area contributed by atoms with Gasteiger partial charge in [-0.05, 0) is 12.1 Å². The van der Waals surface area contributed by atoms with E-state index < -0.39 is 6.04 Å². The molecule has 1 aromatic heterocycles. The minimum Gasteiger partial charge on any atom is -0.339 e. The van der Waals surface area contributed by atoms with E-state index in [0.29, 0.717) is 19.5 Å². The Bertz CT molecular complexity index is 474. The predicted molar refractivity (Wildman–Crippen MR) is 77.5 cm³/mol. The molecule has 2 heterocycles. The van der Waals surface area contributed by atoms with Crippen LogP contribution in [-0.2, 0) is 11.3 Å². The van der Waals surface area contributed by atoms with E-state index in [1.165, 1.54) is 0 Å². The van der Waals surface area contributed by atoms with E-state index in [1.54, 1.807) is 11.1 Å². The van der Waals surface area contributed by atoms with Crippen molar-refractivity contribution in [2.45, 2.75) is 19.0 Å². The van der Waals surface area contributed by atoms with Gasteiger partial charge in [0.25, 0.3) is 0 Å². The molecule has 1 fully saturated rings. The third kappa shape index (κ3) is 3.80. The first-order valence-electron chi connectivity index (χ1n) is 6.81. The van der Waals surface area contributed by atoms with E-state index in [9.17, 15) is 4.79 Å². The van der Waals surface area contributed by atoms with E-state index >= 15 is 0 Å². The molecule has 5 heteroatoms. The van der Waals surface area contributed by atoms with Gasteiger partial charge in [-0.2, -0.15) is 0 Å². The van der Waals surface area contributed by atoms with Crippen LogP contribution in [0.1, 0.15) is 12.1 Å². The van der Waals surface area contributed by atoms with Crippen molar-refractivity contribution in [3.63, 3.8) is 0 Å². The van der Waals surface area contributed by atoms with E-state index in [0.717, 1.165) is 25.3 Å². The molecule has 0 radical (unpaired) electrons. The zero-order chi connectivity index (χ0) is 14.4. The first-order chi connectivity index (χ1) is 9.70.